The first-order chi connectivity index (χ1) is 7.89. The monoisotopic (exact) mass is 259 g/mol. The summed E-state index contributed by atoms with van der Waals surface area (Å²) in [6.07, 6.45) is 4.80. The maximum absolute atomic E-state index is 6.04. The fourth-order valence-electron chi connectivity index (χ4n) is 3.59. The first kappa shape index (κ1) is 15.2. The summed E-state index contributed by atoms with van der Waals surface area (Å²) in [5.41, 5.74) is 0. The molecule has 1 N–H and O–H groups in total. The van der Waals surface area contributed by atoms with E-state index in [4.69, 9.17) is 8.85 Å². The van der Waals surface area contributed by atoms with Gasteiger partial charge in [-0.2, -0.15) is 0 Å². The molecule has 0 aromatic heterocycles. The third-order valence-corrected chi connectivity index (χ3v) is 9.45. The van der Waals surface area contributed by atoms with Gasteiger partial charge < -0.3 is 14.2 Å². The molecule has 0 amide bonds. The topological polar surface area (TPSA) is 30.5 Å². The van der Waals surface area contributed by atoms with Crippen molar-refractivity contribution >= 4 is 8.56 Å². The lowest BCUT2D eigenvalue weighted by Gasteiger charge is -2.54. The summed E-state index contributed by atoms with van der Waals surface area (Å²) in [6.45, 7) is 10.1. The van der Waals surface area contributed by atoms with Gasteiger partial charge in [0.05, 0.1) is 5.16 Å². The van der Waals surface area contributed by atoms with Gasteiger partial charge in [-0.15, -0.1) is 0 Å². The zero-order chi connectivity index (χ0) is 13.2. The van der Waals surface area contributed by atoms with Gasteiger partial charge in [-0.25, -0.2) is 0 Å². The summed E-state index contributed by atoms with van der Waals surface area (Å²) in [5.74, 6) is 0. The van der Waals surface area contributed by atoms with Gasteiger partial charge in [-0.3, -0.25) is 0 Å². The van der Waals surface area contributed by atoms with Crippen LogP contribution in [0.25, 0.3) is 0 Å². The van der Waals surface area contributed by atoms with Crippen LogP contribution in [0.3, 0.4) is 0 Å². The molecular weight excluding hydrogens is 230 g/mol. The average Bonchev–Trinajstić information content (AvgIpc) is 2.30. The van der Waals surface area contributed by atoms with E-state index in [1.54, 1.807) is 0 Å². The number of hydrogen-bond acceptors (Lipinski definition) is 3. The highest BCUT2D eigenvalue weighted by atomic mass is 28.4. The molecule has 0 bridgehead atoms. The zero-order valence-electron chi connectivity index (χ0n) is 12.4. The van der Waals surface area contributed by atoms with Crippen LogP contribution in [0.4, 0.5) is 0 Å². The van der Waals surface area contributed by atoms with Crippen LogP contribution in [0.1, 0.15) is 53.4 Å². The highest BCUT2D eigenvalue weighted by molar-refractivity contribution is 6.73. The van der Waals surface area contributed by atoms with E-state index in [1.165, 1.54) is 19.3 Å². The van der Waals surface area contributed by atoms with Crippen LogP contribution in [0.2, 0.25) is 5.04 Å². The molecule has 1 atom stereocenters. The summed E-state index contributed by atoms with van der Waals surface area (Å²) in [6, 6.07) is 0. The minimum absolute atomic E-state index is 0.0625. The van der Waals surface area contributed by atoms with Gasteiger partial charge in [-0.1, -0.05) is 34.1 Å². The molecule has 0 aliphatic carbocycles. The van der Waals surface area contributed by atoms with Crippen LogP contribution in [0, 0.1) is 0 Å². The maximum atomic E-state index is 6.04. The van der Waals surface area contributed by atoms with Gasteiger partial charge in [0.1, 0.15) is 0 Å². The molecule has 0 aromatic rings. The van der Waals surface area contributed by atoms with Gasteiger partial charge in [0.2, 0.25) is 0 Å². The van der Waals surface area contributed by atoms with Gasteiger partial charge in [-0.05, 0) is 25.8 Å². The van der Waals surface area contributed by atoms with E-state index < -0.39 is 8.56 Å². The van der Waals surface area contributed by atoms with Crippen LogP contribution in [-0.4, -0.2) is 34.5 Å². The molecule has 0 spiro atoms. The third-order valence-electron chi connectivity index (χ3n) is 4.29. The highest BCUT2D eigenvalue weighted by Gasteiger charge is 2.62. The Morgan fingerprint density at radius 3 is 2.06 bits per heavy atom. The number of hydrogen-bond donors (Lipinski definition) is 1. The van der Waals surface area contributed by atoms with E-state index in [0.29, 0.717) is 0 Å². The molecule has 3 nitrogen and oxygen atoms in total. The van der Waals surface area contributed by atoms with Crippen LogP contribution in [0.15, 0.2) is 0 Å². The minimum atomic E-state index is -2.31. The van der Waals surface area contributed by atoms with Gasteiger partial charge in [0.15, 0.2) is 0 Å². The molecule has 1 aliphatic rings. The van der Waals surface area contributed by atoms with E-state index in [2.05, 4.69) is 33.0 Å². The summed E-state index contributed by atoms with van der Waals surface area (Å²) in [5, 5.41) is 3.87. The second kappa shape index (κ2) is 5.39. The predicted molar refractivity (Wildman–Crippen MR) is 74.4 cm³/mol. The molecule has 17 heavy (non-hydrogen) atoms. The molecule has 0 radical (unpaired) electrons. The number of rotatable bonds is 4. The third kappa shape index (κ3) is 2.32. The number of nitrogens with one attached hydrogen (secondary N) is 1. The van der Waals surface area contributed by atoms with Crippen molar-refractivity contribution in [1.29, 1.82) is 0 Å². The first-order valence-corrected chi connectivity index (χ1v) is 8.56. The Bertz CT molecular complexity index is 240. The molecule has 4 heteroatoms. The average molecular weight is 259 g/mol. The van der Waals surface area contributed by atoms with E-state index >= 15 is 0 Å². The standard InChI is InChI=1S/C13H29NO2Si/c1-7-13(10-8-9-11-14-13)17(15-5,16-6)12(2,3)4/h14H,7-11H2,1-6H3. The maximum Gasteiger partial charge on any atom is 0.363 e. The Morgan fingerprint density at radius 1 is 1.18 bits per heavy atom. The van der Waals surface area contributed by atoms with E-state index in [1.807, 2.05) is 14.2 Å². The van der Waals surface area contributed by atoms with Crippen molar-refractivity contribution in [3.63, 3.8) is 0 Å². The SMILES string of the molecule is CCC1([Si](OC)(OC)C(C)(C)C)CCCCN1. The fraction of sp³-hybridized carbons (Fsp3) is 1.00. The van der Waals surface area contributed by atoms with E-state index in [0.717, 1.165) is 13.0 Å². The van der Waals surface area contributed by atoms with Crippen molar-refractivity contribution in [2.24, 2.45) is 0 Å². The van der Waals surface area contributed by atoms with E-state index in [9.17, 15) is 0 Å². The number of piperidine rings is 1. The fourth-order valence-corrected chi connectivity index (χ4v) is 8.53. The quantitative estimate of drug-likeness (QED) is 0.787. The lowest BCUT2D eigenvalue weighted by molar-refractivity contribution is 0.144. The van der Waals surface area contributed by atoms with E-state index in [-0.39, 0.29) is 10.2 Å². The van der Waals surface area contributed by atoms with Crippen LogP contribution < -0.4 is 5.32 Å². The van der Waals surface area contributed by atoms with Crippen LogP contribution >= 0.6 is 0 Å². The van der Waals surface area contributed by atoms with Crippen LogP contribution in [-0.2, 0) is 8.85 Å². The Hall–Kier alpha value is 0.0969. The molecule has 1 aliphatic heterocycles. The van der Waals surface area contributed by atoms with Gasteiger partial charge in [0.25, 0.3) is 0 Å². The molecule has 1 saturated heterocycles. The van der Waals surface area contributed by atoms with Crippen molar-refractivity contribution < 1.29 is 8.85 Å². The Morgan fingerprint density at radius 2 is 1.76 bits per heavy atom. The molecule has 1 rings (SSSR count). The van der Waals surface area contributed by atoms with Gasteiger partial charge in [0, 0.05) is 19.3 Å². The molecular formula is C13H29NO2Si. The molecule has 1 unspecified atom stereocenters. The normalized spacial score (nSPS) is 27.2. The molecule has 1 fully saturated rings. The van der Waals surface area contributed by atoms with Crippen LogP contribution in [0.5, 0.6) is 0 Å². The van der Waals surface area contributed by atoms with Gasteiger partial charge >= 0.3 is 8.56 Å². The smallest absolute Gasteiger partial charge is 0.363 e. The predicted octanol–water partition coefficient (Wildman–Crippen LogP) is 2.98. The summed E-state index contributed by atoms with van der Waals surface area (Å²) < 4.78 is 12.1. The zero-order valence-corrected chi connectivity index (χ0v) is 13.4. The first-order valence-electron chi connectivity index (χ1n) is 6.74. The second-order valence-electron chi connectivity index (χ2n) is 6.09. The summed E-state index contributed by atoms with van der Waals surface area (Å²) in [7, 11) is 1.35. The van der Waals surface area contributed by atoms with Crippen molar-refractivity contribution in [3.05, 3.63) is 0 Å². The lowest BCUT2D eigenvalue weighted by Crippen LogP contribution is -2.73. The molecule has 102 valence electrons. The minimum Gasteiger partial charge on any atom is -0.396 e. The van der Waals surface area contributed by atoms with Crippen molar-refractivity contribution in [2.45, 2.75) is 63.6 Å². The summed E-state index contributed by atoms with van der Waals surface area (Å²) >= 11 is 0. The molecule has 0 aromatic carbocycles. The Labute approximate surface area is 108 Å². The lowest BCUT2D eigenvalue weighted by atomic mass is 10.0. The molecule has 1 heterocycles. The summed E-state index contributed by atoms with van der Waals surface area (Å²) in [4.78, 5) is 0. The van der Waals surface area contributed by atoms with Crippen molar-refractivity contribution in [2.75, 3.05) is 20.8 Å². The highest BCUT2D eigenvalue weighted by Crippen LogP contribution is 2.47. The molecule has 0 saturated carbocycles. The van der Waals surface area contributed by atoms with Crippen molar-refractivity contribution in [1.82, 2.24) is 5.32 Å². The largest absolute Gasteiger partial charge is 0.396 e. The Kier molecular flexibility index (Phi) is 4.80. The van der Waals surface area contributed by atoms with Crippen molar-refractivity contribution in [3.8, 4) is 0 Å². The second-order valence-corrected chi connectivity index (χ2v) is 10.6. The Balaban J connectivity index is 3.18.